The number of esters is 1. The predicted octanol–water partition coefficient (Wildman–Crippen LogP) is 3.98. The number of nitrogens with one attached hydrogen (secondary N) is 2. The summed E-state index contributed by atoms with van der Waals surface area (Å²) in [6.45, 7) is 3.05. The van der Waals surface area contributed by atoms with Crippen molar-refractivity contribution in [3.63, 3.8) is 0 Å². The number of imide groups is 1. The molecule has 33 heavy (non-hydrogen) atoms. The quantitative estimate of drug-likeness (QED) is 0.347. The number of ether oxygens (including phenoxy) is 1. The van der Waals surface area contributed by atoms with Crippen molar-refractivity contribution in [1.29, 1.82) is 0 Å². The van der Waals surface area contributed by atoms with E-state index in [1.807, 2.05) is 0 Å². The Balaban J connectivity index is 1.65. The van der Waals surface area contributed by atoms with Crippen LogP contribution in [0.2, 0.25) is 10.0 Å². The van der Waals surface area contributed by atoms with E-state index in [2.05, 4.69) is 10.6 Å². The van der Waals surface area contributed by atoms with Gasteiger partial charge in [-0.25, -0.2) is 9.59 Å². The minimum absolute atomic E-state index is 0.224. The molecule has 1 unspecified atom stereocenters. The summed E-state index contributed by atoms with van der Waals surface area (Å²) >= 11 is 12.1. The normalized spacial score (nSPS) is 17.9. The van der Waals surface area contributed by atoms with Gasteiger partial charge in [0.2, 0.25) is 5.91 Å². The molecule has 1 saturated heterocycles. The van der Waals surface area contributed by atoms with Crippen LogP contribution in [0.5, 0.6) is 0 Å². The van der Waals surface area contributed by atoms with Crippen LogP contribution in [0.4, 0.5) is 10.5 Å². The fraction of sp³-hybridized carbons (Fsp3) is 0.217. The minimum atomic E-state index is -1.42. The molecule has 0 bridgehead atoms. The van der Waals surface area contributed by atoms with Gasteiger partial charge >= 0.3 is 12.0 Å². The van der Waals surface area contributed by atoms with Gasteiger partial charge in [0.15, 0.2) is 0 Å². The van der Waals surface area contributed by atoms with Gasteiger partial charge < -0.3 is 15.4 Å². The summed E-state index contributed by atoms with van der Waals surface area (Å²) in [5.41, 5.74) is 0.141. The Morgan fingerprint density at radius 3 is 2.48 bits per heavy atom. The number of benzene rings is 2. The number of amides is 4. The largest absolute Gasteiger partial charge is 0.463 e. The first-order chi connectivity index (χ1) is 15.6. The molecule has 1 atom stereocenters. The molecule has 0 saturated carbocycles. The molecule has 0 radical (unpaired) electrons. The number of rotatable bonds is 7. The number of nitrogens with zero attached hydrogens (tertiary/aromatic N) is 1. The molecule has 172 valence electrons. The van der Waals surface area contributed by atoms with E-state index in [4.69, 9.17) is 27.9 Å². The molecule has 1 fully saturated rings. The smallest absolute Gasteiger partial charge is 0.330 e. The zero-order chi connectivity index (χ0) is 24.2. The Hall–Kier alpha value is -3.36. The first kappa shape index (κ1) is 24.3. The lowest BCUT2D eigenvalue weighted by Crippen LogP contribution is -2.42. The SMILES string of the molecule is CCOC(=O)/C=C/c1ccc(NC(=O)CN2C(=O)NC(C)(c3ccc(Cl)cc3Cl)C2=O)cc1. The number of carbonyl (C=O) groups is 4. The van der Waals surface area contributed by atoms with E-state index >= 15 is 0 Å². The molecule has 1 heterocycles. The van der Waals surface area contributed by atoms with Crippen LogP contribution in [-0.4, -0.2) is 41.9 Å². The molecule has 0 spiro atoms. The van der Waals surface area contributed by atoms with E-state index in [0.717, 1.165) is 10.5 Å². The van der Waals surface area contributed by atoms with E-state index in [1.54, 1.807) is 49.4 Å². The van der Waals surface area contributed by atoms with Crippen molar-refractivity contribution >= 4 is 58.8 Å². The highest BCUT2D eigenvalue weighted by atomic mass is 35.5. The Labute approximate surface area is 200 Å². The molecule has 3 rings (SSSR count). The second kappa shape index (κ2) is 10.1. The lowest BCUT2D eigenvalue weighted by atomic mass is 9.92. The molecule has 2 N–H and O–H groups in total. The fourth-order valence-electron chi connectivity index (χ4n) is 3.29. The van der Waals surface area contributed by atoms with Crippen molar-refractivity contribution in [2.24, 2.45) is 0 Å². The lowest BCUT2D eigenvalue weighted by Gasteiger charge is -2.23. The number of hydrogen-bond donors (Lipinski definition) is 2. The van der Waals surface area contributed by atoms with Crippen LogP contribution in [0.1, 0.15) is 25.0 Å². The molecule has 2 aromatic carbocycles. The van der Waals surface area contributed by atoms with E-state index in [-0.39, 0.29) is 11.6 Å². The maximum absolute atomic E-state index is 13.0. The van der Waals surface area contributed by atoms with Gasteiger partial charge in [-0.3, -0.25) is 14.5 Å². The molecule has 4 amide bonds. The first-order valence-electron chi connectivity index (χ1n) is 9.98. The van der Waals surface area contributed by atoms with Gasteiger partial charge in [0.05, 0.1) is 6.61 Å². The first-order valence-corrected chi connectivity index (χ1v) is 10.7. The Bertz CT molecular complexity index is 1130. The maximum atomic E-state index is 13.0. The Morgan fingerprint density at radius 2 is 1.85 bits per heavy atom. The van der Waals surface area contributed by atoms with Gasteiger partial charge in [-0.15, -0.1) is 0 Å². The van der Waals surface area contributed by atoms with Crippen LogP contribution in [0.15, 0.2) is 48.5 Å². The monoisotopic (exact) mass is 489 g/mol. The van der Waals surface area contributed by atoms with Crippen LogP contribution in [0.3, 0.4) is 0 Å². The van der Waals surface area contributed by atoms with E-state index in [9.17, 15) is 19.2 Å². The van der Waals surface area contributed by atoms with E-state index < -0.39 is 35.9 Å². The Morgan fingerprint density at radius 1 is 1.15 bits per heavy atom. The van der Waals surface area contributed by atoms with Gasteiger partial charge in [0.1, 0.15) is 12.1 Å². The van der Waals surface area contributed by atoms with Crippen LogP contribution >= 0.6 is 23.2 Å². The average Bonchev–Trinajstić information content (AvgIpc) is 2.97. The van der Waals surface area contributed by atoms with Crippen molar-refractivity contribution in [2.45, 2.75) is 19.4 Å². The third-order valence-corrected chi connectivity index (χ3v) is 5.49. The van der Waals surface area contributed by atoms with Gasteiger partial charge in [-0.1, -0.05) is 41.4 Å². The second-order valence-electron chi connectivity index (χ2n) is 7.33. The standard InChI is InChI=1S/C23H21Cl2N3O5/c1-3-33-20(30)11-6-14-4-8-16(9-5-14)26-19(29)13-28-21(31)23(2,27-22(28)32)17-10-7-15(24)12-18(17)25/h4-12H,3,13H2,1-2H3,(H,26,29)(H,27,32)/b11-6+. The van der Waals surface area contributed by atoms with Crippen LogP contribution in [0.25, 0.3) is 6.08 Å². The summed E-state index contributed by atoms with van der Waals surface area (Å²) in [6.07, 6.45) is 2.89. The topological polar surface area (TPSA) is 105 Å². The molecule has 10 heteroatoms. The summed E-state index contributed by atoms with van der Waals surface area (Å²) in [4.78, 5) is 50.2. The number of carbonyl (C=O) groups excluding carboxylic acids is 4. The third kappa shape index (κ3) is 5.53. The maximum Gasteiger partial charge on any atom is 0.330 e. The highest BCUT2D eigenvalue weighted by Crippen LogP contribution is 2.34. The number of urea groups is 1. The summed E-state index contributed by atoms with van der Waals surface area (Å²) in [5, 5.41) is 5.85. The van der Waals surface area contributed by atoms with Crippen molar-refractivity contribution in [2.75, 3.05) is 18.5 Å². The molecule has 2 aromatic rings. The molecule has 0 aromatic heterocycles. The summed E-state index contributed by atoms with van der Waals surface area (Å²) in [6, 6.07) is 10.5. The minimum Gasteiger partial charge on any atom is -0.463 e. The highest BCUT2D eigenvalue weighted by molar-refractivity contribution is 6.35. The van der Waals surface area contributed by atoms with Crippen molar-refractivity contribution in [3.05, 3.63) is 69.7 Å². The summed E-state index contributed by atoms with van der Waals surface area (Å²) in [7, 11) is 0. The second-order valence-corrected chi connectivity index (χ2v) is 8.17. The van der Waals surface area contributed by atoms with Gasteiger partial charge in [0, 0.05) is 27.4 Å². The van der Waals surface area contributed by atoms with Crippen LogP contribution in [-0.2, 0) is 24.7 Å². The van der Waals surface area contributed by atoms with Crippen LogP contribution in [0, 0.1) is 0 Å². The fourth-order valence-corrected chi connectivity index (χ4v) is 3.89. The zero-order valence-electron chi connectivity index (χ0n) is 17.9. The van der Waals surface area contributed by atoms with Crippen LogP contribution < -0.4 is 10.6 Å². The molecular weight excluding hydrogens is 469 g/mol. The van der Waals surface area contributed by atoms with Crippen molar-refractivity contribution < 1.29 is 23.9 Å². The zero-order valence-corrected chi connectivity index (χ0v) is 19.4. The molecule has 1 aliphatic rings. The molecule has 8 nitrogen and oxygen atoms in total. The number of halogens is 2. The van der Waals surface area contributed by atoms with Gasteiger partial charge in [0.25, 0.3) is 5.91 Å². The number of anilines is 1. The lowest BCUT2D eigenvalue weighted by molar-refractivity contribution is -0.137. The van der Waals surface area contributed by atoms with E-state index in [0.29, 0.717) is 16.3 Å². The van der Waals surface area contributed by atoms with Crippen molar-refractivity contribution in [3.8, 4) is 0 Å². The summed E-state index contributed by atoms with van der Waals surface area (Å²) in [5.74, 6) is -1.61. The van der Waals surface area contributed by atoms with E-state index in [1.165, 1.54) is 19.1 Å². The number of hydrogen-bond acceptors (Lipinski definition) is 5. The molecule has 0 aliphatic carbocycles. The Kier molecular flexibility index (Phi) is 7.40. The van der Waals surface area contributed by atoms with Gasteiger partial charge in [-0.05, 0) is 49.8 Å². The summed E-state index contributed by atoms with van der Waals surface area (Å²) < 4.78 is 4.81. The van der Waals surface area contributed by atoms with Crippen molar-refractivity contribution in [1.82, 2.24) is 10.2 Å². The van der Waals surface area contributed by atoms with Gasteiger partial charge in [-0.2, -0.15) is 0 Å². The predicted molar refractivity (Wildman–Crippen MR) is 125 cm³/mol. The average molecular weight is 490 g/mol. The molecular formula is C23H21Cl2N3O5. The molecule has 1 aliphatic heterocycles. The highest BCUT2D eigenvalue weighted by Gasteiger charge is 2.50. The third-order valence-electron chi connectivity index (χ3n) is 4.94.